The molecular formula is C26H36ClN3O4S. The molecule has 3 fully saturated rings. The van der Waals surface area contributed by atoms with Crippen LogP contribution in [0.2, 0.25) is 5.02 Å². The van der Waals surface area contributed by atoms with E-state index in [2.05, 4.69) is 17.6 Å². The molecule has 1 aromatic rings. The van der Waals surface area contributed by atoms with Crippen LogP contribution in [0.15, 0.2) is 24.3 Å². The van der Waals surface area contributed by atoms with E-state index in [1.807, 2.05) is 13.0 Å². The smallest absolute Gasteiger partial charge is 0.248 e. The van der Waals surface area contributed by atoms with E-state index in [0.717, 1.165) is 38.5 Å². The highest BCUT2D eigenvalue weighted by molar-refractivity contribution is 8.02. The highest BCUT2D eigenvalue weighted by Crippen LogP contribution is 2.68. The Kier molecular flexibility index (Phi) is 8.34. The van der Waals surface area contributed by atoms with E-state index in [9.17, 15) is 14.4 Å². The van der Waals surface area contributed by atoms with Crippen LogP contribution < -0.4 is 10.6 Å². The Balaban J connectivity index is 1.65. The van der Waals surface area contributed by atoms with Crippen LogP contribution in [0.3, 0.4) is 0 Å². The Morgan fingerprint density at radius 2 is 1.94 bits per heavy atom. The van der Waals surface area contributed by atoms with Crippen molar-refractivity contribution in [3.05, 3.63) is 29.3 Å². The van der Waals surface area contributed by atoms with Gasteiger partial charge in [-0.2, -0.15) is 0 Å². The van der Waals surface area contributed by atoms with Crippen LogP contribution in [0.5, 0.6) is 0 Å². The quantitative estimate of drug-likeness (QED) is 0.386. The lowest BCUT2D eigenvalue weighted by Crippen LogP contribution is -2.55. The van der Waals surface area contributed by atoms with E-state index in [-0.39, 0.29) is 35.5 Å². The van der Waals surface area contributed by atoms with E-state index in [1.165, 1.54) is 0 Å². The fourth-order valence-corrected chi connectivity index (χ4v) is 8.84. The van der Waals surface area contributed by atoms with Crippen LogP contribution in [0.25, 0.3) is 0 Å². The van der Waals surface area contributed by atoms with Crippen LogP contribution in [-0.4, -0.2) is 63.5 Å². The second-order valence-corrected chi connectivity index (χ2v) is 11.9. The number of carbonyl (C=O) groups excluding carboxylic acids is 3. The Labute approximate surface area is 216 Å². The van der Waals surface area contributed by atoms with Gasteiger partial charge in [0.05, 0.1) is 27.3 Å². The van der Waals surface area contributed by atoms with Gasteiger partial charge in [0.25, 0.3) is 0 Å². The number of anilines is 1. The third kappa shape index (κ3) is 4.69. The summed E-state index contributed by atoms with van der Waals surface area (Å²) in [6.45, 7) is 5.33. The zero-order valence-electron chi connectivity index (χ0n) is 20.5. The number of likely N-dealkylation sites (tertiary alicyclic amines) is 1. The molecule has 0 saturated carbocycles. The van der Waals surface area contributed by atoms with E-state index in [1.54, 1.807) is 34.9 Å². The fraction of sp³-hybridized carbons (Fsp3) is 0.654. The van der Waals surface area contributed by atoms with Gasteiger partial charge in [-0.05, 0) is 43.7 Å². The summed E-state index contributed by atoms with van der Waals surface area (Å²) in [6.07, 6.45) is 4.87. The molecule has 3 aliphatic heterocycles. The Morgan fingerprint density at radius 1 is 1.20 bits per heavy atom. The van der Waals surface area contributed by atoms with Gasteiger partial charge in [0.15, 0.2) is 0 Å². The van der Waals surface area contributed by atoms with Crippen LogP contribution in [-0.2, 0) is 14.4 Å². The zero-order chi connectivity index (χ0) is 25.2. The summed E-state index contributed by atoms with van der Waals surface area (Å²) in [4.78, 5) is 42.8. The predicted octanol–water partition coefficient (Wildman–Crippen LogP) is 3.69. The van der Waals surface area contributed by atoms with Crippen molar-refractivity contribution in [3.8, 4) is 0 Å². The minimum atomic E-state index is -0.664. The molecule has 192 valence electrons. The van der Waals surface area contributed by atoms with Gasteiger partial charge >= 0.3 is 0 Å². The summed E-state index contributed by atoms with van der Waals surface area (Å²) in [7, 11) is 0. The molecule has 3 N–H and O–H groups in total. The normalized spacial score (nSPS) is 31.0. The van der Waals surface area contributed by atoms with E-state index >= 15 is 0 Å². The molecule has 1 aromatic carbocycles. The highest BCUT2D eigenvalue weighted by Gasteiger charge is 2.75. The van der Waals surface area contributed by atoms with Crippen LogP contribution >= 0.6 is 23.4 Å². The number of benzene rings is 1. The molecule has 4 rings (SSSR count). The summed E-state index contributed by atoms with van der Waals surface area (Å²) in [5, 5.41) is 15.6. The van der Waals surface area contributed by atoms with Gasteiger partial charge in [-0.25, -0.2) is 0 Å². The van der Waals surface area contributed by atoms with Crippen molar-refractivity contribution < 1.29 is 19.5 Å². The Morgan fingerprint density at radius 3 is 2.66 bits per heavy atom. The molecule has 0 aromatic heterocycles. The number of fused-ring (bicyclic) bond motifs is 1. The number of rotatable bonds is 11. The fourth-order valence-electron chi connectivity index (χ4n) is 6.24. The molecule has 9 heteroatoms. The molecule has 1 spiro atoms. The molecule has 6 atom stereocenters. The monoisotopic (exact) mass is 521 g/mol. The van der Waals surface area contributed by atoms with Gasteiger partial charge in [0, 0.05) is 24.9 Å². The molecule has 35 heavy (non-hydrogen) atoms. The van der Waals surface area contributed by atoms with Crippen molar-refractivity contribution >= 4 is 46.8 Å². The van der Waals surface area contributed by atoms with Crippen LogP contribution in [0, 0.1) is 17.8 Å². The average Bonchev–Trinajstić information content (AvgIpc) is 3.42. The number of aliphatic hydroxyl groups is 1. The van der Waals surface area contributed by atoms with Gasteiger partial charge in [-0.15, -0.1) is 11.8 Å². The minimum Gasteiger partial charge on any atom is -0.396 e. The standard InChI is InChI=1S/C26H36ClN3O4S/c1-3-12-28-23(32)20-19-15-16(2)26(35-19)21(20)25(34)30(13-8-4-5-9-14-31)22(26)24(33)29-18-11-7-6-10-17(18)27/h6-7,10-11,16,19-22,31H,3-5,8-9,12-15H2,1-2H3,(H,28,32)(H,29,33)/t16?,19-,20+,21+,22?,26?/m1/s1. The lowest BCUT2D eigenvalue weighted by atomic mass is 9.66. The maximum atomic E-state index is 13.9. The van der Waals surface area contributed by atoms with Crippen molar-refractivity contribution in [3.63, 3.8) is 0 Å². The molecule has 3 amide bonds. The van der Waals surface area contributed by atoms with Crippen molar-refractivity contribution in [1.29, 1.82) is 0 Å². The first kappa shape index (κ1) is 26.3. The largest absolute Gasteiger partial charge is 0.396 e. The molecule has 2 bridgehead atoms. The first-order chi connectivity index (χ1) is 16.9. The summed E-state index contributed by atoms with van der Waals surface area (Å²) in [6, 6.07) is 6.44. The summed E-state index contributed by atoms with van der Waals surface area (Å²) in [5.41, 5.74) is 0.525. The second kappa shape index (κ2) is 11.1. The van der Waals surface area contributed by atoms with Gasteiger partial charge < -0.3 is 20.6 Å². The number of unbranched alkanes of at least 4 members (excludes halogenated alkanes) is 3. The SMILES string of the molecule is CCCNC(=O)[C@@H]1[C@H]2C(=O)N(CCCCCCO)C(C(=O)Nc3ccccc3Cl)C23S[C@@H]1CC3C. The number of halogens is 1. The molecule has 0 radical (unpaired) electrons. The number of aliphatic hydroxyl groups excluding tert-OH is 1. The molecule has 0 aliphatic carbocycles. The molecular weight excluding hydrogens is 486 g/mol. The topological polar surface area (TPSA) is 98.7 Å². The predicted molar refractivity (Wildman–Crippen MR) is 139 cm³/mol. The summed E-state index contributed by atoms with van der Waals surface area (Å²) >= 11 is 8.01. The van der Waals surface area contributed by atoms with E-state index in [0.29, 0.717) is 23.8 Å². The number of hydrogen-bond acceptors (Lipinski definition) is 5. The van der Waals surface area contributed by atoms with Crippen molar-refractivity contribution in [1.82, 2.24) is 10.2 Å². The number of thioether (sulfide) groups is 1. The molecule has 3 heterocycles. The number of nitrogens with one attached hydrogen (secondary N) is 2. The van der Waals surface area contributed by atoms with Gasteiger partial charge in [0.2, 0.25) is 17.7 Å². The van der Waals surface area contributed by atoms with Gasteiger partial charge in [0.1, 0.15) is 6.04 Å². The third-order valence-electron chi connectivity index (χ3n) is 7.78. The van der Waals surface area contributed by atoms with Crippen molar-refractivity contribution in [2.45, 2.75) is 68.4 Å². The molecule has 3 saturated heterocycles. The Bertz CT molecular complexity index is 962. The summed E-state index contributed by atoms with van der Waals surface area (Å²) in [5.74, 6) is -1.17. The average molecular weight is 522 g/mol. The lowest BCUT2D eigenvalue weighted by Gasteiger charge is -2.38. The van der Waals surface area contributed by atoms with E-state index < -0.39 is 22.6 Å². The number of hydrogen-bond donors (Lipinski definition) is 3. The second-order valence-electron chi connectivity index (χ2n) is 9.98. The summed E-state index contributed by atoms with van der Waals surface area (Å²) < 4.78 is -0.633. The number of nitrogens with zero attached hydrogens (tertiary/aromatic N) is 1. The van der Waals surface area contributed by atoms with Crippen LogP contribution in [0.1, 0.15) is 52.4 Å². The van der Waals surface area contributed by atoms with Gasteiger partial charge in [-0.3, -0.25) is 14.4 Å². The number of carbonyl (C=O) groups is 3. The number of para-hydroxylation sites is 1. The zero-order valence-corrected chi connectivity index (χ0v) is 22.0. The first-order valence-electron chi connectivity index (χ1n) is 12.8. The van der Waals surface area contributed by atoms with E-state index in [4.69, 9.17) is 16.7 Å². The first-order valence-corrected chi connectivity index (χ1v) is 14.0. The van der Waals surface area contributed by atoms with Crippen molar-refractivity contribution in [2.75, 3.05) is 25.0 Å². The maximum Gasteiger partial charge on any atom is 0.248 e. The lowest BCUT2D eigenvalue weighted by molar-refractivity contribution is -0.139. The van der Waals surface area contributed by atoms with Crippen molar-refractivity contribution in [2.24, 2.45) is 17.8 Å². The maximum absolute atomic E-state index is 13.9. The highest BCUT2D eigenvalue weighted by atomic mass is 35.5. The molecule has 3 unspecified atom stereocenters. The Hall–Kier alpha value is -1.77. The minimum absolute atomic E-state index is 0.0399. The van der Waals surface area contributed by atoms with Gasteiger partial charge in [-0.1, -0.05) is 50.4 Å². The third-order valence-corrected chi connectivity index (χ3v) is 10.2. The van der Waals surface area contributed by atoms with Crippen LogP contribution in [0.4, 0.5) is 5.69 Å². The number of amides is 3. The molecule has 3 aliphatic rings. The molecule has 7 nitrogen and oxygen atoms in total.